The summed E-state index contributed by atoms with van der Waals surface area (Å²) in [5.41, 5.74) is 1.59. The normalized spacial score (nSPS) is 11.9. The van der Waals surface area contributed by atoms with E-state index in [9.17, 15) is 15.0 Å². The fourth-order valence-electron chi connectivity index (χ4n) is 2.66. The molecule has 0 aliphatic heterocycles. The number of hydrogen-bond donors (Lipinski definition) is 2. The number of carbonyl (C=O) groups excluding carboxylic acids is 1. The van der Waals surface area contributed by atoms with Crippen molar-refractivity contribution in [2.24, 2.45) is 9.98 Å². The number of aromatic hydroxyl groups is 2. The standard InChI is InChI=1S/C24H22N2O4.Cu/c27-22-12-6-4-10-19(22)14-25-16-21(30-24(29)18-8-2-1-3-9-18)17-26-15-20-11-5-7-13-23(20)28;/h1-15,21,27-28H,16-17H2;. The summed E-state index contributed by atoms with van der Waals surface area (Å²) in [6.07, 6.45) is 2.46. The molecular weight excluding hydrogens is 444 g/mol. The molecule has 0 bridgehead atoms. The average Bonchev–Trinajstić information content (AvgIpc) is 2.77. The number of phenols is 2. The third kappa shape index (κ3) is 7.41. The van der Waals surface area contributed by atoms with Gasteiger partial charge in [-0.2, -0.15) is 0 Å². The summed E-state index contributed by atoms with van der Waals surface area (Å²) in [5.74, 6) is -0.218. The minimum Gasteiger partial charge on any atom is -0.507 e. The van der Waals surface area contributed by atoms with Crippen molar-refractivity contribution >= 4 is 18.4 Å². The first kappa shape index (κ1) is 23.9. The van der Waals surface area contributed by atoms with Crippen molar-refractivity contribution in [3.05, 3.63) is 95.6 Å². The molecule has 2 N–H and O–H groups in total. The fraction of sp³-hybridized carbons (Fsp3) is 0.125. The SMILES string of the molecule is O=C(OC(CN=Cc1ccccc1O)CN=Cc1ccccc1O)c1ccccc1.[Cu]. The number of hydrogen-bond acceptors (Lipinski definition) is 6. The number of esters is 1. The molecule has 0 unspecified atom stereocenters. The van der Waals surface area contributed by atoms with Crippen LogP contribution in [0.3, 0.4) is 0 Å². The molecule has 0 saturated heterocycles. The van der Waals surface area contributed by atoms with E-state index in [0.717, 1.165) is 0 Å². The molecule has 0 spiro atoms. The van der Waals surface area contributed by atoms with E-state index in [2.05, 4.69) is 9.98 Å². The molecule has 31 heavy (non-hydrogen) atoms. The number of carbonyl (C=O) groups is 1. The number of para-hydroxylation sites is 2. The van der Waals surface area contributed by atoms with Gasteiger partial charge in [0.2, 0.25) is 0 Å². The third-order valence-electron chi connectivity index (χ3n) is 4.24. The van der Waals surface area contributed by atoms with Crippen LogP contribution in [0.5, 0.6) is 11.5 Å². The quantitative estimate of drug-likeness (QED) is 0.300. The van der Waals surface area contributed by atoms with Gasteiger partial charge in [0.15, 0.2) is 0 Å². The van der Waals surface area contributed by atoms with E-state index in [1.54, 1.807) is 72.8 Å². The van der Waals surface area contributed by atoms with Crippen LogP contribution in [-0.2, 0) is 21.8 Å². The van der Waals surface area contributed by atoms with Gasteiger partial charge in [-0.15, -0.1) is 0 Å². The Morgan fingerprint density at radius 3 is 1.71 bits per heavy atom. The number of aliphatic imine (C=N–C) groups is 2. The van der Waals surface area contributed by atoms with Crippen molar-refractivity contribution in [3.8, 4) is 11.5 Å². The van der Waals surface area contributed by atoms with Crippen molar-refractivity contribution < 1.29 is 36.8 Å². The van der Waals surface area contributed by atoms with E-state index >= 15 is 0 Å². The Morgan fingerprint density at radius 2 is 1.23 bits per heavy atom. The number of nitrogens with zero attached hydrogens (tertiary/aromatic N) is 2. The van der Waals surface area contributed by atoms with E-state index in [1.807, 2.05) is 6.07 Å². The second-order valence-electron chi connectivity index (χ2n) is 6.50. The summed E-state index contributed by atoms with van der Waals surface area (Å²) >= 11 is 0. The monoisotopic (exact) mass is 465 g/mol. The van der Waals surface area contributed by atoms with E-state index in [1.165, 1.54) is 12.4 Å². The van der Waals surface area contributed by atoms with Crippen LogP contribution in [-0.4, -0.2) is 47.8 Å². The summed E-state index contributed by atoms with van der Waals surface area (Å²) in [6.45, 7) is 0.343. The Bertz CT molecular complexity index is 981. The molecule has 0 heterocycles. The molecule has 0 aliphatic carbocycles. The van der Waals surface area contributed by atoms with Gasteiger partial charge in [-0.3, -0.25) is 9.98 Å². The Labute approximate surface area is 191 Å². The molecule has 0 aliphatic rings. The summed E-state index contributed by atoms with van der Waals surface area (Å²) < 4.78 is 5.58. The summed E-state index contributed by atoms with van der Waals surface area (Å²) in [7, 11) is 0. The average molecular weight is 466 g/mol. The van der Waals surface area contributed by atoms with Gasteiger partial charge in [0.25, 0.3) is 0 Å². The van der Waals surface area contributed by atoms with Gasteiger partial charge in [0.05, 0.1) is 18.7 Å². The molecule has 0 aromatic heterocycles. The van der Waals surface area contributed by atoms with Crippen LogP contribution < -0.4 is 0 Å². The Morgan fingerprint density at radius 1 is 0.774 bits per heavy atom. The third-order valence-corrected chi connectivity index (χ3v) is 4.24. The molecule has 6 nitrogen and oxygen atoms in total. The van der Waals surface area contributed by atoms with Gasteiger partial charge in [-0.1, -0.05) is 42.5 Å². The van der Waals surface area contributed by atoms with Gasteiger partial charge < -0.3 is 14.9 Å². The molecule has 1 radical (unpaired) electrons. The van der Waals surface area contributed by atoms with Gasteiger partial charge in [-0.05, 0) is 36.4 Å². The molecule has 0 atom stereocenters. The van der Waals surface area contributed by atoms with Gasteiger partial charge in [0, 0.05) is 40.6 Å². The zero-order valence-electron chi connectivity index (χ0n) is 16.6. The van der Waals surface area contributed by atoms with Crippen LogP contribution in [0.2, 0.25) is 0 Å². The van der Waals surface area contributed by atoms with E-state index in [0.29, 0.717) is 16.7 Å². The van der Waals surface area contributed by atoms with E-state index in [4.69, 9.17) is 4.74 Å². The van der Waals surface area contributed by atoms with Crippen LogP contribution in [0.25, 0.3) is 0 Å². The molecule has 3 aromatic rings. The van der Waals surface area contributed by atoms with Crippen LogP contribution in [0.15, 0.2) is 88.8 Å². The van der Waals surface area contributed by atoms with E-state index in [-0.39, 0.29) is 41.7 Å². The molecule has 0 fully saturated rings. The maximum absolute atomic E-state index is 12.4. The summed E-state index contributed by atoms with van der Waals surface area (Å²) in [5, 5.41) is 19.7. The minimum absolute atomic E-state index is 0. The molecule has 0 saturated carbocycles. The Balaban J connectivity index is 0.00000341. The Kier molecular flexibility index (Phi) is 9.49. The number of ether oxygens (including phenoxy) is 1. The first-order valence-electron chi connectivity index (χ1n) is 9.45. The number of benzene rings is 3. The first-order chi connectivity index (χ1) is 14.6. The fourth-order valence-corrected chi connectivity index (χ4v) is 2.66. The predicted molar refractivity (Wildman–Crippen MR) is 117 cm³/mol. The summed E-state index contributed by atoms with van der Waals surface area (Å²) in [4.78, 5) is 21.0. The van der Waals surface area contributed by atoms with Crippen molar-refractivity contribution in [3.63, 3.8) is 0 Å². The number of phenolic OH excluding ortho intramolecular Hbond substituents is 2. The molecule has 3 rings (SSSR count). The van der Waals surface area contributed by atoms with Crippen molar-refractivity contribution in [1.29, 1.82) is 0 Å². The molecule has 163 valence electrons. The second kappa shape index (κ2) is 12.3. The smallest absolute Gasteiger partial charge is 0.338 e. The van der Waals surface area contributed by atoms with E-state index < -0.39 is 12.1 Å². The van der Waals surface area contributed by atoms with Crippen molar-refractivity contribution in [2.75, 3.05) is 13.1 Å². The maximum Gasteiger partial charge on any atom is 0.338 e. The molecule has 0 amide bonds. The first-order valence-corrected chi connectivity index (χ1v) is 9.45. The molecule has 3 aromatic carbocycles. The van der Waals surface area contributed by atoms with Gasteiger partial charge >= 0.3 is 5.97 Å². The number of rotatable bonds is 8. The van der Waals surface area contributed by atoms with Crippen LogP contribution >= 0.6 is 0 Å². The largest absolute Gasteiger partial charge is 0.507 e. The van der Waals surface area contributed by atoms with Crippen LogP contribution in [0.1, 0.15) is 21.5 Å². The van der Waals surface area contributed by atoms with Gasteiger partial charge in [0.1, 0.15) is 17.6 Å². The minimum atomic E-state index is -0.609. The maximum atomic E-state index is 12.4. The van der Waals surface area contributed by atoms with Crippen molar-refractivity contribution in [1.82, 2.24) is 0 Å². The zero-order chi connectivity index (χ0) is 21.2. The molecular formula is C24H22CuN2O4. The van der Waals surface area contributed by atoms with Gasteiger partial charge in [-0.25, -0.2) is 4.79 Å². The topological polar surface area (TPSA) is 91.5 Å². The Hall–Kier alpha value is -3.41. The second-order valence-corrected chi connectivity index (χ2v) is 6.50. The van der Waals surface area contributed by atoms with Crippen molar-refractivity contribution in [2.45, 2.75) is 6.10 Å². The summed E-state index contributed by atoms with van der Waals surface area (Å²) in [6, 6.07) is 22.4. The predicted octanol–water partition coefficient (Wildman–Crippen LogP) is 3.86. The zero-order valence-corrected chi connectivity index (χ0v) is 17.5. The van der Waals surface area contributed by atoms with Crippen LogP contribution in [0.4, 0.5) is 0 Å². The van der Waals surface area contributed by atoms with Crippen LogP contribution in [0, 0.1) is 0 Å². The molecule has 7 heteroatoms.